The van der Waals surface area contributed by atoms with Gasteiger partial charge in [0.25, 0.3) is 0 Å². The van der Waals surface area contributed by atoms with E-state index < -0.39 is 11.9 Å². The van der Waals surface area contributed by atoms with Crippen molar-refractivity contribution < 1.29 is 14.3 Å². The van der Waals surface area contributed by atoms with Crippen LogP contribution < -0.4 is 0 Å². The SMILES string of the molecule is CCC1=C(C(=O)OC(=O)C2=C(CC)C(C)C2)CC1C. The smallest absolute Gasteiger partial charge is 0.341 e. The number of hydrogen-bond donors (Lipinski definition) is 0. The number of carbonyl (C=O) groups is 2. The van der Waals surface area contributed by atoms with Crippen molar-refractivity contribution in [2.45, 2.75) is 53.4 Å². The van der Waals surface area contributed by atoms with Crippen LogP contribution in [0.25, 0.3) is 0 Å². The number of rotatable bonds is 4. The van der Waals surface area contributed by atoms with Crippen LogP contribution >= 0.6 is 0 Å². The molecule has 0 radical (unpaired) electrons. The summed E-state index contributed by atoms with van der Waals surface area (Å²) in [5.74, 6) is 0.0542. The van der Waals surface area contributed by atoms with Crippen LogP contribution in [0.4, 0.5) is 0 Å². The number of hydrogen-bond acceptors (Lipinski definition) is 3. The first-order valence-corrected chi connectivity index (χ1v) is 7.19. The van der Waals surface area contributed by atoms with Gasteiger partial charge in [-0.05, 0) is 37.5 Å². The molecule has 0 aliphatic heterocycles. The van der Waals surface area contributed by atoms with E-state index in [1.165, 1.54) is 0 Å². The Labute approximate surface area is 114 Å². The van der Waals surface area contributed by atoms with Gasteiger partial charge in [-0.1, -0.05) is 38.8 Å². The fourth-order valence-electron chi connectivity index (χ4n) is 3.21. The summed E-state index contributed by atoms with van der Waals surface area (Å²) in [5.41, 5.74) is 3.72. The molecule has 0 bridgehead atoms. The second kappa shape index (κ2) is 5.32. The van der Waals surface area contributed by atoms with Gasteiger partial charge in [0.15, 0.2) is 0 Å². The molecule has 3 nitrogen and oxygen atoms in total. The number of esters is 2. The molecule has 2 aliphatic rings. The van der Waals surface area contributed by atoms with Crippen LogP contribution in [0, 0.1) is 11.8 Å². The normalized spacial score (nSPS) is 25.9. The molecule has 0 saturated carbocycles. The third kappa shape index (κ3) is 2.38. The maximum absolute atomic E-state index is 11.9. The van der Waals surface area contributed by atoms with Gasteiger partial charge < -0.3 is 4.74 Å². The highest BCUT2D eigenvalue weighted by Crippen LogP contribution is 2.39. The monoisotopic (exact) mass is 262 g/mol. The van der Waals surface area contributed by atoms with Crippen LogP contribution in [0.15, 0.2) is 22.3 Å². The lowest BCUT2D eigenvalue weighted by molar-refractivity contribution is -0.155. The van der Waals surface area contributed by atoms with Gasteiger partial charge in [-0.3, -0.25) is 0 Å². The van der Waals surface area contributed by atoms with E-state index in [0.717, 1.165) is 48.0 Å². The summed E-state index contributed by atoms with van der Waals surface area (Å²) in [6.07, 6.45) is 3.20. The standard InChI is InChI=1S/C16H22O3/c1-5-11-9(3)7-13(11)15(17)19-16(18)14-8-10(4)12(14)6-2/h9-10H,5-8H2,1-4H3. The minimum absolute atomic E-state index is 0.428. The van der Waals surface area contributed by atoms with Crippen molar-refractivity contribution in [3.63, 3.8) is 0 Å². The van der Waals surface area contributed by atoms with E-state index >= 15 is 0 Å². The zero-order valence-electron chi connectivity index (χ0n) is 12.2. The Bertz CT molecular complexity index is 438. The predicted octanol–water partition coefficient (Wildman–Crippen LogP) is 3.55. The summed E-state index contributed by atoms with van der Waals surface area (Å²) >= 11 is 0. The lowest BCUT2D eigenvalue weighted by atomic mass is 9.76. The topological polar surface area (TPSA) is 43.4 Å². The predicted molar refractivity (Wildman–Crippen MR) is 73.3 cm³/mol. The fraction of sp³-hybridized carbons (Fsp3) is 0.625. The number of ether oxygens (including phenoxy) is 1. The van der Waals surface area contributed by atoms with E-state index in [1.54, 1.807) is 0 Å². The van der Waals surface area contributed by atoms with Gasteiger partial charge in [0.2, 0.25) is 0 Å². The first-order valence-electron chi connectivity index (χ1n) is 7.19. The molecule has 2 rings (SSSR count). The average molecular weight is 262 g/mol. The molecule has 0 N–H and O–H groups in total. The van der Waals surface area contributed by atoms with Crippen molar-refractivity contribution in [3.05, 3.63) is 22.3 Å². The van der Waals surface area contributed by atoms with Gasteiger partial charge in [0.1, 0.15) is 0 Å². The highest BCUT2D eigenvalue weighted by atomic mass is 16.6. The molecule has 0 aromatic rings. The molecule has 3 heteroatoms. The molecule has 0 saturated heterocycles. The van der Waals surface area contributed by atoms with Crippen LogP contribution in [0.1, 0.15) is 53.4 Å². The summed E-state index contributed by atoms with van der Waals surface area (Å²) in [7, 11) is 0. The summed E-state index contributed by atoms with van der Waals surface area (Å²) in [5, 5.41) is 0. The molecule has 104 valence electrons. The van der Waals surface area contributed by atoms with Crippen molar-refractivity contribution >= 4 is 11.9 Å². The van der Waals surface area contributed by atoms with E-state index in [4.69, 9.17) is 4.74 Å². The maximum atomic E-state index is 11.9. The molecule has 0 amide bonds. The first-order chi connectivity index (χ1) is 8.99. The van der Waals surface area contributed by atoms with E-state index in [-0.39, 0.29) is 0 Å². The van der Waals surface area contributed by atoms with Crippen LogP contribution in [0.3, 0.4) is 0 Å². The zero-order chi connectivity index (χ0) is 14.2. The van der Waals surface area contributed by atoms with E-state index in [2.05, 4.69) is 13.8 Å². The Balaban J connectivity index is 2.04. The highest BCUT2D eigenvalue weighted by Gasteiger charge is 2.35. The Morgan fingerprint density at radius 2 is 1.32 bits per heavy atom. The largest absolute Gasteiger partial charge is 0.386 e. The lowest BCUT2D eigenvalue weighted by Gasteiger charge is -2.31. The van der Waals surface area contributed by atoms with E-state index in [1.807, 2.05) is 13.8 Å². The Morgan fingerprint density at radius 3 is 1.58 bits per heavy atom. The fourth-order valence-corrected chi connectivity index (χ4v) is 3.21. The lowest BCUT2D eigenvalue weighted by Crippen LogP contribution is -2.29. The van der Waals surface area contributed by atoms with Crippen molar-refractivity contribution in [3.8, 4) is 0 Å². The van der Waals surface area contributed by atoms with Gasteiger partial charge >= 0.3 is 11.9 Å². The molecular formula is C16H22O3. The van der Waals surface area contributed by atoms with E-state index in [0.29, 0.717) is 11.8 Å². The van der Waals surface area contributed by atoms with Gasteiger partial charge in [-0.25, -0.2) is 9.59 Å². The van der Waals surface area contributed by atoms with Gasteiger partial charge in [0.05, 0.1) is 0 Å². The summed E-state index contributed by atoms with van der Waals surface area (Å²) in [6.45, 7) is 8.27. The molecule has 2 atom stereocenters. The van der Waals surface area contributed by atoms with Crippen LogP contribution in [-0.2, 0) is 14.3 Å². The molecular weight excluding hydrogens is 240 g/mol. The Kier molecular flexibility index (Phi) is 3.93. The third-order valence-corrected chi connectivity index (χ3v) is 4.43. The van der Waals surface area contributed by atoms with Crippen LogP contribution in [-0.4, -0.2) is 11.9 Å². The number of allylic oxidation sites excluding steroid dienone is 2. The van der Waals surface area contributed by atoms with Crippen molar-refractivity contribution in [1.82, 2.24) is 0 Å². The molecule has 2 aliphatic carbocycles. The Hall–Kier alpha value is -1.38. The summed E-state index contributed by atoms with van der Waals surface area (Å²) < 4.78 is 5.03. The zero-order valence-corrected chi connectivity index (χ0v) is 12.2. The van der Waals surface area contributed by atoms with Gasteiger partial charge in [-0.2, -0.15) is 0 Å². The second-order valence-corrected chi connectivity index (χ2v) is 5.60. The molecule has 0 aromatic carbocycles. The highest BCUT2D eigenvalue weighted by molar-refractivity contribution is 6.04. The molecule has 19 heavy (non-hydrogen) atoms. The minimum Gasteiger partial charge on any atom is -0.386 e. The summed E-state index contributed by atoms with van der Waals surface area (Å²) in [6, 6.07) is 0. The minimum atomic E-state index is -0.428. The van der Waals surface area contributed by atoms with E-state index in [9.17, 15) is 9.59 Å². The summed E-state index contributed by atoms with van der Waals surface area (Å²) in [4.78, 5) is 23.9. The van der Waals surface area contributed by atoms with Crippen molar-refractivity contribution in [2.75, 3.05) is 0 Å². The third-order valence-electron chi connectivity index (χ3n) is 4.43. The second-order valence-electron chi connectivity index (χ2n) is 5.60. The first kappa shape index (κ1) is 14.0. The molecule has 0 heterocycles. The molecule has 2 unspecified atom stereocenters. The van der Waals surface area contributed by atoms with Crippen molar-refractivity contribution in [2.24, 2.45) is 11.8 Å². The van der Waals surface area contributed by atoms with Gasteiger partial charge in [0, 0.05) is 11.1 Å². The molecule has 0 fully saturated rings. The van der Waals surface area contributed by atoms with Crippen LogP contribution in [0.5, 0.6) is 0 Å². The number of carbonyl (C=O) groups excluding carboxylic acids is 2. The average Bonchev–Trinajstić information content (AvgIpc) is 2.33. The van der Waals surface area contributed by atoms with Crippen LogP contribution in [0.2, 0.25) is 0 Å². The maximum Gasteiger partial charge on any atom is 0.341 e. The van der Waals surface area contributed by atoms with Crippen molar-refractivity contribution in [1.29, 1.82) is 0 Å². The molecule has 0 spiro atoms. The van der Waals surface area contributed by atoms with Gasteiger partial charge in [-0.15, -0.1) is 0 Å². The Morgan fingerprint density at radius 1 is 0.947 bits per heavy atom. The molecule has 0 aromatic heterocycles. The quantitative estimate of drug-likeness (QED) is 0.575.